The van der Waals surface area contributed by atoms with Gasteiger partial charge in [-0.15, -0.1) is 0 Å². The van der Waals surface area contributed by atoms with Gasteiger partial charge in [0, 0.05) is 11.1 Å². The largest absolute Gasteiger partial charge is 0.401 e. The number of aromatic nitrogens is 2. The topological polar surface area (TPSA) is 63.8 Å². The number of nitrogens with one attached hydrogen (secondary N) is 1. The monoisotopic (exact) mass is 200 g/mol. The molecule has 0 saturated carbocycles. The summed E-state index contributed by atoms with van der Waals surface area (Å²) in [6.45, 7) is 4.14. The smallest absolute Gasteiger partial charge is 0.137 e. The fraction of sp³-hybridized carbons (Fsp3) is 0.0909. The second-order valence-corrected chi connectivity index (χ2v) is 3.25. The normalized spacial score (nSPS) is 10.1. The number of para-hydroxylation sites is 1. The van der Waals surface area contributed by atoms with E-state index in [0.717, 1.165) is 16.7 Å². The number of nitrogens with two attached hydrogens (primary N) is 1. The molecule has 4 nitrogen and oxygen atoms in total. The highest BCUT2D eigenvalue weighted by Gasteiger charge is 2.01. The van der Waals surface area contributed by atoms with Crippen LogP contribution in [0.2, 0.25) is 0 Å². The van der Waals surface area contributed by atoms with Gasteiger partial charge in [0.25, 0.3) is 0 Å². The Morgan fingerprint density at radius 3 is 2.93 bits per heavy atom. The Bertz CT molecular complexity index is 487. The molecule has 76 valence electrons. The summed E-state index contributed by atoms with van der Waals surface area (Å²) in [6, 6.07) is 7.81. The van der Waals surface area contributed by atoms with Gasteiger partial charge in [-0.1, -0.05) is 18.7 Å². The van der Waals surface area contributed by atoms with Crippen molar-refractivity contribution >= 4 is 16.7 Å². The van der Waals surface area contributed by atoms with Crippen LogP contribution >= 0.6 is 0 Å². The van der Waals surface area contributed by atoms with Gasteiger partial charge in [0.2, 0.25) is 0 Å². The van der Waals surface area contributed by atoms with Gasteiger partial charge in [0.15, 0.2) is 0 Å². The van der Waals surface area contributed by atoms with Crippen molar-refractivity contribution in [3.8, 4) is 0 Å². The summed E-state index contributed by atoms with van der Waals surface area (Å²) in [6.07, 6.45) is 1.53. The molecular formula is C11H12N4. The van der Waals surface area contributed by atoms with Crippen LogP contribution in [0.3, 0.4) is 0 Å². The number of rotatable bonds is 3. The summed E-state index contributed by atoms with van der Waals surface area (Å²) in [5.74, 6) is 0.784. The van der Waals surface area contributed by atoms with Crippen molar-refractivity contribution in [1.29, 1.82) is 0 Å². The Morgan fingerprint density at radius 2 is 2.13 bits per heavy atom. The number of benzene rings is 1. The first-order chi connectivity index (χ1) is 7.27. The quantitative estimate of drug-likeness (QED) is 0.788. The predicted octanol–water partition coefficient (Wildman–Crippen LogP) is 1.51. The molecule has 0 atom stereocenters. The maximum absolute atomic E-state index is 5.48. The van der Waals surface area contributed by atoms with Gasteiger partial charge in [-0.25, -0.2) is 9.97 Å². The van der Waals surface area contributed by atoms with Crippen molar-refractivity contribution < 1.29 is 0 Å². The lowest BCUT2D eigenvalue weighted by atomic mass is 10.2. The zero-order valence-corrected chi connectivity index (χ0v) is 8.27. The second-order valence-electron chi connectivity index (χ2n) is 3.25. The SMILES string of the molecule is C=C(N)CNc1ncnc2ccccc12. The highest BCUT2D eigenvalue weighted by Crippen LogP contribution is 2.17. The lowest BCUT2D eigenvalue weighted by Gasteiger charge is -2.07. The molecule has 0 radical (unpaired) electrons. The number of fused-ring (bicyclic) bond motifs is 1. The summed E-state index contributed by atoms with van der Waals surface area (Å²) < 4.78 is 0. The average Bonchev–Trinajstić information content (AvgIpc) is 2.26. The summed E-state index contributed by atoms with van der Waals surface area (Å²) in [7, 11) is 0. The van der Waals surface area contributed by atoms with Crippen LogP contribution in [0, 0.1) is 0 Å². The summed E-state index contributed by atoms with van der Waals surface area (Å²) in [4.78, 5) is 8.32. The van der Waals surface area contributed by atoms with E-state index >= 15 is 0 Å². The molecule has 15 heavy (non-hydrogen) atoms. The zero-order chi connectivity index (χ0) is 10.7. The van der Waals surface area contributed by atoms with Gasteiger partial charge in [0.05, 0.1) is 12.1 Å². The molecule has 0 spiro atoms. The zero-order valence-electron chi connectivity index (χ0n) is 8.27. The van der Waals surface area contributed by atoms with Crippen LogP contribution in [0.15, 0.2) is 42.9 Å². The van der Waals surface area contributed by atoms with E-state index in [1.165, 1.54) is 6.33 Å². The van der Waals surface area contributed by atoms with Crippen LogP contribution in [0.4, 0.5) is 5.82 Å². The minimum absolute atomic E-state index is 0.515. The highest BCUT2D eigenvalue weighted by atomic mass is 15.0. The predicted molar refractivity (Wildman–Crippen MR) is 61.4 cm³/mol. The van der Waals surface area contributed by atoms with Crippen molar-refractivity contribution in [1.82, 2.24) is 9.97 Å². The molecular weight excluding hydrogens is 188 g/mol. The first kappa shape index (κ1) is 9.45. The number of hydrogen-bond donors (Lipinski definition) is 2. The Hall–Kier alpha value is -2.10. The van der Waals surface area contributed by atoms with E-state index < -0.39 is 0 Å². The van der Waals surface area contributed by atoms with Crippen molar-refractivity contribution in [2.24, 2.45) is 5.73 Å². The Labute approximate surface area is 87.8 Å². The molecule has 0 aliphatic heterocycles. The van der Waals surface area contributed by atoms with Gasteiger partial charge < -0.3 is 11.1 Å². The van der Waals surface area contributed by atoms with E-state index in [1.54, 1.807) is 0 Å². The third-order valence-electron chi connectivity index (χ3n) is 2.03. The molecule has 0 aliphatic carbocycles. The first-order valence-electron chi connectivity index (χ1n) is 4.64. The lowest BCUT2D eigenvalue weighted by Crippen LogP contribution is -2.11. The molecule has 3 N–H and O–H groups in total. The van der Waals surface area contributed by atoms with Gasteiger partial charge in [-0.05, 0) is 12.1 Å². The molecule has 0 amide bonds. The van der Waals surface area contributed by atoms with Crippen molar-refractivity contribution in [2.75, 3.05) is 11.9 Å². The maximum Gasteiger partial charge on any atom is 0.137 e. The maximum atomic E-state index is 5.48. The number of hydrogen-bond acceptors (Lipinski definition) is 4. The number of anilines is 1. The fourth-order valence-corrected chi connectivity index (χ4v) is 1.34. The van der Waals surface area contributed by atoms with Gasteiger partial charge in [0.1, 0.15) is 12.1 Å². The van der Waals surface area contributed by atoms with Crippen LogP contribution in [0.5, 0.6) is 0 Å². The third kappa shape index (κ3) is 2.04. The van der Waals surface area contributed by atoms with E-state index in [-0.39, 0.29) is 0 Å². The standard InChI is InChI=1S/C11H12N4/c1-8(12)6-13-11-9-4-2-3-5-10(9)14-7-15-11/h2-5,7H,1,6,12H2,(H,13,14,15). The van der Waals surface area contributed by atoms with Gasteiger partial charge in [-0.3, -0.25) is 0 Å². The molecule has 0 saturated heterocycles. The first-order valence-corrected chi connectivity index (χ1v) is 4.64. The molecule has 1 heterocycles. The highest BCUT2D eigenvalue weighted by molar-refractivity contribution is 5.88. The van der Waals surface area contributed by atoms with Crippen LogP contribution in [0.25, 0.3) is 10.9 Å². The minimum atomic E-state index is 0.515. The van der Waals surface area contributed by atoms with Gasteiger partial charge in [-0.2, -0.15) is 0 Å². The summed E-state index contributed by atoms with van der Waals surface area (Å²) >= 11 is 0. The molecule has 2 aromatic rings. The number of nitrogens with zero attached hydrogens (tertiary/aromatic N) is 2. The van der Waals surface area contributed by atoms with Crippen LogP contribution in [-0.2, 0) is 0 Å². The Kier molecular flexibility index (Phi) is 2.49. The summed E-state index contributed by atoms with van der Waals surface area (Å²) in [5.41, 5.74) is 6.98. The van der Waals surface area contributed by atoms with Crippen molar-refractivity contribution in [2.45, 2.75) is 0 Å². The van der Waals surface area contributed by atoms with Crippen molar-refractivity contribution in [3.05, 3.63) is 42.9 Å². The average molecular weight is 200 g/mol. The van der Waals surface area contributed by atoms with E-state index in [2.05, 4.69) is 21.9 Å². The van der Waals surface area contributed by atoms with Gasteiger partial charge >= 0.3 is 0 Å². The molecule has 0 bridgehead atoms. The molecule has 0 fully saturated rings. The van der Waals surface area contributed by atoms with Crippen molar-refractivity contribution in [3.63, 3.8) is 0 Å². The molecule has 1 aromatic heterocycles. The summed E-state index contributed by atoms with van der Waals surface area (Å²) in [5, 5.41) is 4.10. The molecule has 2 rings (SSSR count). The Morgan fingerprint density at radius 1 is 1.33 bits per heavy atom. The van der Waals surface area contributed by atoms with E-state index in [4.69, 9.17) is 5.73 Å². The third-order valence-corrected chi connectivity index (χ3v) is 2.03. The second kappa shape index (κ2) is 3.96. The van der Waals surface area contributed by atoms with Crippen LogP contribution in [-0.4, -0.2) is 16.5 Å². The van der Waals surface area contributed by atoms with E-state index in [9.17, 15) is 0 Å². The lowest BCUT2D eigenvalue weighted by molar-refractivity contribution is 1.13. The van der Waals surface area contributed by atoms with E-state index in [0.29, 0.717) is 12.2 Å². The molecule has 4 heteroatoms. The minimum Gasteiger partial charge on any atom is -0.401 e. The fourth-order valence-electron chi connectivity index (χ4n) is 1.34. The molecule has 0 unspecified atom stereocenters. The van der Waals surface area contributed by atoms with E-state index in [1.807, 2.05) is 24.3 Å². The molecule has 0 aliphatic rings. The molecule has 1 aromatic carbocycles. The Balaban J connectivity index is 2.38. The van der Waals surface area contributed by atoms with Crippen LogP contribution in [0.1, 0.15) is 0 Å². The van der Waals surface area contributed by atoms with Crippen LogP contribution < -0.4 is 11.1 Å².